The number of hydrogen-bond acceptors (Lipinski definition) is 4. The van der Waals surface area contributed by atoms with Gasteiger partial charge in [-0.1, -0.05) is 26.0 Å². The Balaban J connectivity index is 2.00. The Kier molecular flexibility index (Phi) is 5.09. The van der Waals surface area contributed by atoms with Crippen molar-refractivity contribution in [2.45, 2.75) is 26.9 Å². The van der Waals surface area contributed by atoms with Crippen molar-refractivity contribution in [1.82, 2.24) is 10.3 Å². The third-order valence-electron chi connectivity index (χ3n) is 3.25. The number of nitrogens with zero attached hydrogens (tertiary/aromatic N) is 1. The Hall–Kier alpha value is -1.72. The second-order valence-corrected chi connectivity index (χ2v) is 6.25. The number of amides is 1. The molecule has 1 atom stereocenters. The Morgan fingerprint density at radius 1 is 1.33 bits per heavy atom. The summed E-state index contributed by atoms with van der Waals surface area (Å²) in [7, 11) is 0. The first kappa shape index (κ1) is 15.7. The highest BCUT2D eigenvalue weighted by molar-refractivity contribution is 7.13. The molecule has 0 aliphatic rings. The van der Waals surface area contributed by atoms with E-state index in [-0.39, 0.29) is 18.4 Å². The summed E-state index contributed by atoms with van der Waals surface area (Å²) in [4.78, 5) is 16.4. The predicted molar refractivity (Wildman–Crippen MR) is 85.5 cm³/mol. The van der Waals surface area contributed by atoms with Crippen molar-refractivity contribution >= 4 is 17.2 Å². The van der Waals surface area contributed by atoms with Gasteiger partial charge < -0.3 is 10.4 Å². The summed E-state index contributed by atoms with van der Waals surface area (Å²) < 4.78 is 0. The van der Waals surface area contributed by atoms with E-state index in [0.29, 0.717) is 5.56 Å². The molecule has 2 rings (SSSR count). The van der Waals surface area contributed by atoms with Crippen LogP contribution < -0.4 is 5.32 Å². The van der Waals surface area contributed by atoms with Crippen LogP contribution in [0.5, 0.6) is 0 Å². The summed E-state index contributed by atoms with van der Waals surface area (Å²) in [6.45, 7) is 6.06. The number of nitrogens with one attached hydrogen (secondary N) is 1. The molecule has 1 heterocycles. The molecule has 0 saturated heterocycles. The molecular weight excluding hydrogens is 284 g/mol. The van der Waals surface area contributed by atoms with Gasteiger partial charge >= 0.3 is 0 Å². The van der Waals surface area contributed by atoms with Crippen LogP contribution >= 0.6 is 11.3 Å². The lowest BCUT2D eigenvalue weighted by atomic mass is 10.1. The molecule has 0 fully saturated rings. The van der Waals surface area contributed by atoms with Crippen molar-refractivity contribution in [3.63, 3.8) is 0 Å². The molecule has 0 aliphatic carbocycles. The maximum absolute atomic E-state index is 12.0. The van der Waals surface area contributed by atoms with Crippen LogP contribution in [0.15, 0.2) is 29.6 Å². The predicted octanol–water partition coefficient (Wildman–Crippen LogP) is 2.87. The Labute approximate surface area is 128 Å². The number of thiazole rings is 1. The first-order chi connectivity index (χ1) is 9.97. The lowest BCUT2D eigenvalue weighted by Gasteiger charge is -2.15. The van der Waals surface area contributed by atoms with Crippen LogP contribution in [0.2, 0.25) is 0 Å². The van der Waals surface area contributed by atoms with Gasteiger partial charge in [0, 0.05) is 28.7 Å². The topological polar surface area (TPSA) is 62.2 Å². The molecule has 1 aromatic heterocycles. The van der Waals surface area contributed by atoms with Gasteiger partial charge in [0.05, 0.1) is 6.10 Å². The van der Waals surface area contributed by atoms with Crippen molar-refractivity contribution in [2.75, 3.05) is 6.54 Å². The number of benzene rings is 1. The van der Waals surface area contributed by atoms with E-state index < -0.39 is 6.10 Å². The van der Waals surface area contributed by atoms with Crippen molar-refractivity contribution in [3.05, 3.63) is 40.9 Å². The van der Waals surface area contributed by atoms with Gasteiger partial charge in [0.1, 0.15) is 5.01 Å². The zero-order chi connectivity index (χ0) is 15.4. The molecule has 0 bridgehead atoms. The van der Waals surface area contributed by atoms with Gasteiger partial charge in [0.15, 0.2) is 0 Å². The minimum absolute atomic E-state index is 0.126. The molecule has 1 aromatic carbocycles. The number of carbonyl (C=O) groups is 1. The summed E-state index contributed by atoms with van der Waals surface area (Å²) in [6.07, 6.45) is -0.522. The second kappa shape index (κ2) is 6.83. The summed E-state index contributed by atoms with van der Waals surface area (Å²) in [5.41, 5.74) is 2.59. The van der Waals surface area contributed by atoms with Crippen LogP contribution in [0, 0.1) is 12.8 Å². The molecule has 5 heteroatoms. The highest BCUT2D eigenvalue weighted by Crippen LogP contribution is 2.23. The normalized spacial score (nSPS) is 12.4. The maximum atomic E-state index is 12.0. The van der Waals surface area contributed by atoms with Crippen molar-refractivity contribution in [2.24, 2.45) is 5.92 Å². The van der Waals surface area contributed by atoms with Crippen molar-refractivity contribution in [1.29, 1.82) is 0 Å². The van der Waals surface area contributed by atoms with E-state index in [2.05, 4.69) is 10.3 Å². The van der Waals surface area contributed by atoms with E-state index in [1.54, 1.807) is 23.5 Å². The van der Waals surface area contributed by atoms with Gasteiger partial charge in [-0.25, -0.2) is 4.98 Å². The van der Waals surface area contributed by atoms with Crippen LogP contribution in [-0.2, 0) is 0 Å². The molecule has 0 aliphatic heterocycles. The molecule has 21 heavy (non-hydrogen) atoms. The van der Waals surface area contributed by atoms with Gasteiger partial charge in [-0.05, 0) is 25.0 Å². The second-order valence-electron chi connectivity index (χ2n) is 5.39. The minimum atomic E-state index is -0.522. The molecule has 2 aromatic rings. The van der Waals surface area contributed by atoms with Gasteiger partial charge in [0.2, 0.25) is 0 Å². The number of aryl methyl sites for hydroxylation is 1. The highest BCUT2D eigenvalue weighted by Gasteiger charge is 2.12. The number of hydrogen-bond donors (Lipinski definition) is 2. The third-order valence-corrected chi connectivity index (χ3v) is 4.26. The fraction of sp³-hybridized carbons (Fsp3) is 0.375. The highest BCUT2D eigenvalue weighted by atomic mass is 32.1. The minimum Gasteiger partial charge on any atom is -0.391 e. The van der Waals surface area contributed by atoms with Crippen molar-refractivity contribution < 1.29 is 9.90 Å². The summed E-state index contributed by atoms with van der Waals surface area (Å²) in [6, 6.07) is 7.35. The Bertz CT molecular complexity index is 605. The first-order valence-corrected chi connectivity index (χ1v) is 7.84. The number of aromatic nitrogens is 1. The van der Waals surface area contributed by atoms with Gasteiger partial charge in [-0.2, -0.15) is 0 Å². The standard InChI is InChI=1S/C16H20N2O2S/c1-10(2)14(19)8-17-15(20)12-4-6-13(7-5-12)16-18-11(3)9-21-16/h4-7,9-10,14,19H,8H2,1-3H3,(H,17,20). The van der Waals surface area contributed by atoms with Gasteiger partial charge in [-0.3, -0.25) is 4.79 Å². The molecular formula is C16H20N2O2S. The van der Waals surface area contributed by atoms with Crippen LogP contribution in [0.1, 0.15) is 29.9 Å². The zero-order valence-electron chi connectivity index (χ0n) is 12.5. The van der Waals surface area contributed by atoms with Crippen LogP contribution in [-0.4, -0.2) is 28.6 Å². The molecule has 0 radical (unpaired) electrons. The average molecular weight is 304 g/mol. The summed E-state index contributed by atoms with van der Waals surface area (Å²) >= 11 is 1.59. The monoisotopic (exact) mass is 304 g/mol. The van der Waals surface area contributed by atoms with E-state index in [1.807, 2.05) is 38.3 Å². The number of rotatable bonds is 5. The Morgan fingerprint density at radius 2 is 2.00 bits per heavy atom. The van der Waals surface area contributed by atoms with Gasteiger partial charge in [-0.15, -0.1) is 11.3 Å². The van der Waals surface area contributed by atoms with Crippen LogP contribution in [0.4, 0.5) is 0 Å². The molecule has 2 N–H and O–H groups in total. The molecule has 112 valence electrons. The van der Waals surface area contributed by atoms with E-state index in [9.17, 15) is 9.90 Å². The van der Waals surface area contributed by atoms with E-state index >= 15 is 0 Å². The van der Waals surface area contributed by atoms with Crippen LogP contribution in [0.3, 0.4) is 0 Å². The van der Waals surface area contributed by atoms with E-state index in [4.69, 9.17) is 0 Å². The molecule has 0 saturated carbocycles. The lowest BCUT2D eigenvalue weighted by Crippen LogP contribution is -2.34. The van der Waals surface area contributed by atoms with E-state index in [0.717, 1.165) is 16.3 Å². The fourth-order valence-corrected chi connectivity index (χ4v) is 2.59. The van der Waals surface area contributed by atoms with Crippen LogP contribution in [0.25, 0.3) is 10.6 Å². The largest absolute Gasteiger partial charge is 0.391 e. The first-order valence-electron chi connectivity index (χ1n) is 6.96. The lowest BCUT2D eigenvalue weighted by molar-refractivity contribution is 0.0871. The quantitative estimate of drug-likeness (QED) is 0.893. The molecule has 1 unspecified atom stereocenters. The molecule has 4 nitrogen and oxygen atoms in total. The number of aliphatic hydroxyl groups is 1. The summed E-state index contributed by atoms with van der Waals surface area (Å²) in [5, 5.41) is 15.4. The average Bonchev–Trinajstić information content (AvgIpc) is 2.91. The molecule has 0 spiro atoms. The SMILES string of the molecule is Cc1csc(-c2ccc(C(=O)NCC(O)C(C)C)cc2)n1. The maximum Gasteiger partial charge on any atom is 0.251 e. The smallest absolute Gasteiger partial charge is 0.251 e. The number of carbonyl (C=O) groups excluding carboxylic acids is 1. The zero-order valence-corrected chi connectivity index (χ0v) is 13.3. The van der Waals surface area contributed by atoms with Crippen molar-refractivity contribution in [3.8, 4) is 10.6 Å². The Morgan fingerprint density at radius 3 is 2.52 bits per heavy atom. The third kappa shape index (κ3) is 4.12. The summed E-state index contributed by atoms with van der Waals surface area (Å²) in [5.74, 6) is -0.0441. The number of aliphatic hydroxyl groups excluding tert-OH is 1. The van der Waals surface area contributed by atoms with E-state index in [1.165, 1.54) is 0 Å². The van der Waals surface area contributed by atoms with Gasteiger partial charge in [0.25, 0.3) is 5.91 Å². The molecule has 1 amide bonds. The fourth-order valence-electron chi connectivity index (χ4n) is 1.79.